The van der Waals surface area contributed by atoms with Crippen LogP contribution in [-0.2, 0) is 16.0 Å². The molecule has 0 spiro atoms. The van der Waals surface area contributed by atoms with E-state index >= 15 is 0 Å². The van der Waals surface area contributed by atoms with Gasteiger partial charge in [0.1, 0.15) is 9.84 Å². The largest absolute Gasteiger partial charge is 0.416 e. The molecule has 0 aromatic heterocycles. The Morgan fingerprint density at radius 2 is 1.65 bits per heavy atom. The Morgan fingerprint density at radius 3 is 2.08 bits per heavy atom. The molecule has 0 bridgehead atoms. The van der Waals surface area contributed by atoms with Crippen LogP contribution in [0.1, 0.15) is 23.6 Å². The molecule has 1 aromatic rings. The number of benzene rings is 1. The van der Waals surface area contributed by atoms with Crippen molar-refractivity contribution in [1.82, 2.24) is 10.6 Å². The minimum absolute atomic E-state index is 0.0393. The quantitative estimate of drug-likeness (QED) is 0.545. The van der Waals surface area contributed by atoms with Gasteiger partial charge >= 0.3 is 12.4 Å². The molecule has 4 nitrogen and oxygen atoms in total. The SMILES string of the molecule is CS(=O)(=O)CCNC(=S)NC(CC(F)(F)F)c1ccc(C(F)(F)F)cc1. The van der Waals surface area contributed by atoms with Crippen molar-refractivity contribution in [1.29, 1.82) is 0 Å². The lowest BCUT2D eigenvalue weighted by atomic mass is 10.0. The number of nitrogens with one attached hydrogen (secondary N) is 2. The molecule has 1 rings (SSSR count). The van der Waals surface area contributed by atoms with Gasteiger partial charge in [-0.3, -0.25) is 0 Å². The molecular formula is C14H16F6N2O2S2. The van der Waals surface area contributed by atoms with Gasteiger partial charge in [-0.2, -0.15) is 26.3 Å². The number of thiocarbonyl (C=S) groups is 1. The van der Waals surface area contributed by atoms with E-state index in [0.29, 0.717) is 12.1 Å². The van der Waals surface area contributed by atoms with E-state index in [2.05, 4.69) is 10.6 Å². The topological polar surface area (TPSA) is 58.2 Å². The van der Waals surface area contributed by atoms with Crippen molar-refractivity contribution in [2.24, 2.45) is 0 Å². The Kier molecular flexibility index (Phi) is 7.28. The molecule has 0 aliphatic carbocycles. The lowest BCUT2D eigenvalue weighted by Crippen LogP contribution is -2.41. The molecule has 0 radical (unpaired) electrons. The predicted octanol–water partition coefficient (Wildman–Crippen LogP) is 3.21. The molecule has 1 aromatic carbocycles. The zero-order valence-electron chi connectivity index (χ0n) is 13.4. The van der Waals surface area contributed by atoms with Crippen LogP contribution in [0.15, 0.2) is 24.3 Å². The standard InChI is InChI=1S/C14H16F6N2O2S2/c1-26(23,24)7-6-21-12(25)22-11(8-13(15,16)17)9-2-4-10(5-3-9)14(18,19)20/h2-5,11H,6-8H2,1H3,(H2,21,22,25). The summed E-state index contributed by atoms with van der Waals surface area (Å²) in [6, 6.07) is 1.81. The van der Waals surface area contributed by atoms with E-state index in [1.807, 2.05) is 0 Å². The van der Waals surface area contributed by atoms with E-state index in [4.69, 9.17) is 12.2 Å². The fourth-order valence-corrected chi connectivity index (χ4v) is 2.66. The molecule has 0 fully saturated rings. The molecule has 0 aliphatic heterocycles. The van der Waals surface area contributed by atoms with Crippen molar-refractivity contribution < 1.29 is 34.8 Å². The van der Waals surface area contributed by atoms with Gasteiger partial charge in [-0.1, -0.05) is 12.1 Å². The third kappa shape index (κ3) is 8.70. The van der Waals surface area contributed by atoms with Gasteiger partial charge in [-0.05, 0) is 29.9 Å². The normalized spacial score (nSPS) is 14.0. The van der Waals surface area contributed by atoms with Gasteiger partial charge in [-0.15, -0.1) is 0 Å². The maximum Gasteiger partial charge on any atom is 0.416 e. The maximum absolute atomic E-state index is 12.8. The van der Waals surface area contributed by atoms with Crippen LogP contribution in [-0.4, -0.2) is 38.3 Å². The highest BCUT2D eigenvalue weighted by molar-refractivity contribution is 7.90. The van der Waals surface area contributed by atoms with Crippen molar-refractivity contribution in [2.75, 3.05) is 18.6 Å². The van der Waals surface area contributed by atoms with Gasteiger partial charge in [0.05, 0.1) is 23.8 Å². The minimum Gasteiger partial charge on any atom is -0.362 e. The maximum atomic E-state index is 12.8. The predicted molar refractivity (Wildman–Crippen MR) is 88.3 cm³/mol. The number of alkyl halides is 6. The first-order valence-electron chi connectivity index (χ1n) is 7.13. The Balaban J connectivity index is 2.87. The van der Waals surface area contributed by atoms with Crippen molar-refractivity contribution >= 4 is 27.2 Å². The lowest BCUT2D eigenvalue weighted by Gasteiger charge is -2.23. The second-order valence-electron chi connectivity index (χ2n) is 5.52. The van der Waals surface area contributed by atoms with Crippen molar-refractivity contribution in [2.45, 2.75) is 24.8 Å². The molecule has 0 saturated heterocycles. The fourth-order valence-electron chi connectivity index (χ4n) is 1.95. The second-order valence-corrected chi connectivity index (χ2v) is 8.19. The fraction of sp³-hybridized carbons (Fsp3) is 0.500. The van der Waals surface area contributed by atoms with E-state index < -0.39 is 40.2 Å². The van der Waals surface area contributed by atoms with Crippen molar-refractivity contribution in [3.8, 4) is 0 Å². The Morgan fingerprint density at radius 1 is 1.12 bits per heavy atom. The van der Waals surface area contributed by atoms with Crippen LogP contribution in [0.5, 0.6) is 0 Å². The van der Waals surface area contributed by atoms with Crippen LogP contribution in [0.25, 0.3) is 0 Å². The van der Waals surface area contributed by atoms with Gasteiger partial charge < -0.3 is 10.6 Å². The first kappa shape index (κ1) is 22.5. The highest BCUT2D eigenvalue weighted by atomic mass is 32.2. The summed E-state index contributed by atoms with van der Waals surface area (Å²) >= 11 is 4.83. The Labute approximate surface area is 151 Å². The second kappa shape index (κ2) is 8.42. The smallest absolute Gasteiger partial charge is 0.362 e. The number of halogens is 6. The first-order chi connectivity index (χ1) is 11.7. The lowest BCUT2D eigenvalue weighted by molar-refractivity contribution is -0.140. The van der Waals surface area contributed by atoms with E-state index in [1.54, 1.807) is 0 Å². The molecule has 1 atom stereocenters. The minimum atomic E-state index is -4.60. The average Bonchev–Trinajstić information content (AvgIpc) is 2.43. The van der Waals surface area contributed by atoms with Crippen LogP contribution in [0, 0.1) is 0 Å². The molecule has 0 heterocycles. The molecule has 1 unspecified atom stereocenters. The summed E-state index contributed by atoms with van der Waals surface area (Å²) in [7, 11) is -3.28. The zero-order valence-corrected chi connectivity index (χ0v) is 15.0. The molecule has 12 heteroatoms. The monoisotopic (exact) mass is 422 g/mol. The average molecular weight is 422 g/mol. The van der Waals surface area contributed by atoms with Crippen molar-refractivity contribution in [3.05, 3.63) is 35.4 Å². The summed E-state index contributed by atoms with van der Waals surface area (Å²) in [6.45, 7) is -0.115. The van der Waals surface area contributed by atoms with Crippen molar-refractivity contribution in [3.63, 3.8) is 0 Å². The number of sulfone groups is 1. The summed E-state index contributed by atoms with van der Waals surface area (Å²) < 4.78 is 98.0. The van der Waals surface area contributed by atoms with E-state index in [1.165, 1.54) is 0 Å². The summed E-state index contributed by atoms with van der Waals surface area (Å²) in [6.07, 6.45) is -9.58. The van der Waals surface area contributed by atoms with E-state index in [9.17, 15) is 34.8 Å². The van der Waals surface area contributed by atoms with Crippen LogP contribution < -0.4 is 10.6 Å². The molecule has 0 saturated carbocycles. The van der Waals surface area contributed by atoms with Gasteiger partial charge in [0.15, 0.2) is 5.11 Å². The third-order valence-corrected chi connectivity index (χ3v) is 4.35. The Bertz CT molecular complexity index is 714. The summed E-state index contributed by atoms with van der Waals surface area (Å²) in [5.74, 6) is -0.279. The molecule has 148 valence electrons. The number of hydrogen-bond acceptors (Lipinski definition) is 3. The summed E-state index contributed by atoms with van der Waals surface area (Å²) in [4.78, 5) is 0. The molecule has 26 heavy (non-hydrogen) atoms. The zero-order chi connectivity index (χ0) is 20.2. The van der Waals surface area contributed by atoms with Gasteiger partial charge in [0.25, 0.3) is 0 Å². The molecular weight excluding hydrogens is 406 g/mol. The van der Waals surface area contributed by atoms with Crippen LogP contribution in [0.3, 0.4) is 0 Å². The van der Waals surface area contributed by atoms with E-state index in [0.717, 1.165) is 18.4 Å². The molecule has 2 N–H and O–H groups in total. The number of rotatable bonds is 6. The summed E-state index contributed by atoms with van der Waals surface area (Å²) in [5.41, 5.74) is -1.02. The van der Waals surface area contributed by atoms with Gasteiger partial charge in [0, 0.05) is 12.8 Å². The van der Waals surface area contributed by atoms with Crippen LogP contribution >= 0.6 is 12.2 Å². The van der Waals surface area contributed by atoms with Crippen LogP contribution in [0.2, 0.25) is 0 Å². The summed E-state index contributed by atoms with van der Waals surface area (Å²) in [5, 5.41) is 4.58. The van der Waals surface area contributed by atoms with Crippen LogP contribution in [0.4, 0.5) is 26.3 Å². The molecule has 0 amide bonds. The highest BCUT2D eigenvalue weighted by Gasteiger charge is 2.34. The highest BCUT2D eigenvalue weighted by Crippen LogP contribution is 2.33. The van der Waals surface area contributed by atoms with Gasteiger partial charge in [-0.25, -0.2) is 8.42 Å². The van der Waals surface area contributed by atoms with Gasteiger partial charge in [0.2, 0.25) is 0 Å². The molecule has 0 aliphatic rings. The third-order valence-electron chi connectivity index (χ3n) is 3.14. The first-order valence-corrected chi connectivity index (χ1v) is 9.60. The Hall–Kier alpha value is -1.56. The van der Waals surface area contributed by atoms with E-state index in [-0.39, 0.29) is 23.0 Å². The number of hydrogen-bond donors (Lipinski definition) is 2.